The summed E-state index contributed by atoms with van der Waals surface area (Å²) in [4.78, 5) is 12.1. The molecular formula is C12H10Cl2FN3O. The molecule has 100 valence electrons. The van der Waals surface area contributed by atoms with E-state index in [9.17, 15) is 9.18 Å². The Morgan fingerprint density at radius 1 is 1.32 bits per heavy atom. The number of halogens is 3. The first-order valence-corrected chi connectivity index (χ1v) is 6.13. The number of nitrogens with zero attached hydrogens (tertiary/aromatic N) is 1. The number of aromatic amines is 1. The Labute approximate surface area is 118 Å². The molecule has 0 radical (unpaired) electrons. The van der Waals surface area contributed by atoms with Crippen LogP contribution < -0.4 is 5.32 Å². The summed E-state index contributed by atoms with van der Waals surface area (Å²) >= 11 is 11.5. The molecule has 0 aliphatic carbocycles. The lowest BCUT2D eigenvalue weighted by Crippen LogP contribution is -2.14. The molecule has 0 unspecified atom stereocenters. The van der Waals surface area contributed by atoms with Gasteiger partial charge >= 0.3 is 0 Å². The van der Waals surface area contributed by atoms with Gasteiger partial charge in [-0.15, -0.1) is 0 Å². The van der Waals surface area contributed by atoms with Gasteiger partial charge in [0.2, 0.25) is 0 Å². The number of hydrogen-bond donors (Lipinski definition) is 2. The Bertz CT molecular complexity index is 635. The molecule has 0 saturated carbocycles. The van der Waals surface area contributed by atoms with Crippen molar-refractivity contribution in [1.82, 2.24) is 10.2 Å². The van der Waals surface area contributed by atoms with E-state index in [4.69, 9.17) is 23.2 Å². The maximum atomic E-state index is 13.4. The van der Waals surface area contributed by atoms with Gasteiger partial charge < -0.3 is 5.32 Å². The van der Waals surface area contributed by atoms with Crippen molar-refractivity contribution in [3.63, 3.8) is 0 Å². The number of rotatable bonds is 2. The molecule has 2 aromatic rings. The average Bonchev–Trinajstić information content (AvgIpc) is 2.65. The summed E-state index contributed by atoms with van der Waals surface area (Å²) < 4.78 is 13.4. The third-order valence-electron chi connectivity index (χ3n) is 2.62. The molecular weight excluding hydrogens is 292 g/mol. The Morgan fingerprint density at radius 3 is 2.58 bits per heavy atom. The monoisotopic (exact) mass is 301 g/mol. The van der Waals surface area contributed by atoms with Gasteiger partial charge in [0.15, 0.2) is 0 Å². The van der Waals surface area contributed by atoms with Crippen molar-refractivity contribution < 1.29 is 9.18 Å². The lowest BCUT2D eigenvalue weighted by molar-refractivity contribution is 0.102. The summed E-state index contributed by atoms with van der Waals surface area (Å²) in [7, 11) is 0. The standard InChI is InChI=1S/C12H10Cl2FN3O/c1-5-11(6(2)18-17-5)16-12(19)7-3-10(15)9(14)4-8(7)13/h3-4H,1-2H3,(H,16,19)(H,17,18). The molecule has 1 amide bonds. The van der Waals surface area contributed by atoms with Crippen molar-refractivity contribution in [2.75, 3.05) is 5.32 Å². The van der Waals surface area contributed by atoms with E-state index in [1.165, 1.54) is 6.07 Å². The van der Waals surface area contributed by atoms with Crippen molar-refractivity contribution in [2.45, 2.75) is 13.8 Å². The highest BCUT2D eigenvalue weighted by molar-refractivity contribution is 6.37. The van der Waals surface area contributed by atoms with Gasteiger partial charge in [0.1, 0.15) is 5.82 Å². The minimum Gasteiger partial charge on any atom is -0.319 e. The van der Waals surface area contributed by atoms with Crippen molar-refractivity contribution in [3.8, 4) is 0 Å². The van der Waals surface area contributed by atoms with Gasteiger partial charge in [0.05, 0.1) is 32.7 Å². The molecule has 2 rings (SSSR count). The van der Waals surface area contributed by atoms with E-state index in [2.05, 4.69) is 15.5 Å². The molecule has 1 heterocycles. The molecule has 19 heavy (non-hydrogen) atoms. The lowest BCUT2D eigenvalue weighted by atomic mass is 10.2. The fraction of sp³-hybridized carbons (Fsp3) is 0.167. The zero-order valence-electron chi connectivity index (χ0n) is 10.1. The number of carbonyl (C=O) groups excluding carboxylic acids is 1. The molecule has 0 aliphatic heterocycles. The minimum absolute atomic E-state index is 0.0172. The summed E-state index contributed by atoms with van der Waals surface area (Å²) in [5.41, 5.74) is 1.91. The van der Waals surface area contributed by atoms with Crippen LogP contribution in [0.25, 0.3) is 0 Å². The number of nitrogens with one attached hydrogen (secondary N) is 2. The van der Waals surface area contributed by atoms with Crippen molar-refractivity contribution in [3.05, 3.63) is 44.9 Å². The Morgan fingerprint density at radius 2 is 2.00 bits per heavy atom. The maximum Gasteiger partial charge on any atom is 0.257 e. The van der Waals surface area contributed by atoms with Crippen LogP contribution in [0.2, 0.25) is 10.0 Å². The summed E-state index contributed by atoms with van der Waals surface area (Å²) in [5, 5.41) is 9.28. The summed E-state index contributed by atoms with van der Waals surface area (Å²) in [6.45, 7) is 3.50. The van der Waals surface area contributed by atoms with Crippen LogP contribution >= 0.6 is 23.2 Å². The third kappa shape index (κ3) is 2.72. The Balaban J connectivity index is 2.33. The highest BCUT2D eigenvalue weighted by Gasteiger charge is 2.17. The van der Waals surface area contributed by atoms with E-state index in [-0.39, 0.29) is 15.6 Å². The SMILES string of the molecule is Cc1n[nH]c(C)c1NC(=O)c1cc(F)c(Cl)cc1Cl. The van der Waals surface area contributed by atoms with Crippen LogP contribution in [-0.4, -0.2) is 16.1 Å². The van der Waals surface area contributed by atoms with Gasteiger partial charge in [-0.1, -0.05) is 23.2 Å². The number of anilines is 1. The summed E-state index contributed by atoms with van der Waals surface area (Å²) in [6.07, 6.45) is 0. The van der Waals surface area contributed by atoms with Crippen LogP contribution in [0.1, 0.15) is 21.7 Å². The molecule has 0 saturated heterocycles. The van der Waals surface area contributed by atoms with Crippen LogP contribution in [0.15, 0.2) is 12.1 Å². The molecule has 0 aliphatic rings. The second kappa shape index (κ2) is 5.19. The molecule has 7 heteroatoms. The first-order chi connectivity index (χ1) is 8.90. The number of aromatic nitrogens is 2. The summed E-state index contributed by atoms with van der Waals surface area (Å²) in [6, 6.07) is 2.20. The second-order valence-corrected chi connectivity index (χ2v) is 4.82. The Kier molecular flexibility index (Phi) is 3.78. The van der Waals surface area contributed by atoms with Crippen molar-refractivity contribution in [2.24, 2.45) is 0 Å². The highest BCUT2D eigenvalue weighted by atomic mass is 35.5. The predicted octanol–water partition coefficient (Wildman–Crippen LogP) is 3.72. The highest BCUT2D eigenvalue weighted by Crippen LogP contribution is 2.26. The van der Waals surface area contributed by atoms with Gasteiger partial charge in [-0.3, -0.25) is 9.89 Å². The van der Waals surface area contributed by atoms with Crippen LogP contribution in [-0.2, 0) is 0 Å². The molecule has 2 N–H and O–H groups in total. The van der Waals surface area contributed by atoms with Crippen molar-refractivity contribution in [1.29, 1.82) is 0 Å². The maximum absolute atomic E-state index is 13.4. The van der Waals surface area contributed by atoms with E-state index in [0.717, 1.165) is 6.07 Å². The van der Waals surface area contributed by atoms with Crippen LogP contribution in [0.5, 0.6) is 0 Å². The van der Waals surface area contributed by atoms with Gasteiger partial charge in [0, 0.05) is 0 Å². The van der Waals surface area contributed by atoms with Crippen LogP contribution in [0.4, 0.5) is 10.1 Å². The Hall–Kier alpha value is -1.59. The number of benzene rings is 1. The molecule has 0 spiro atoms. The van der Waals surface area contributed by atoms with Crippen LogP contribution in [0, 0.1) is 19.7 Å². The average molecular weight is 302 g/mol. The number of amides is 1. The van der Waals surface area contributed by atoms with Gasteiger partial charge in [-0.25, -0.2) is 4.39 Å². The van der Waals surface area contributed by atoms with E-state index in [0.29, 0.717) is 17.1 Å². The largest absolute Gasteiger partial charge is 0.319 e. The van der Waals surface area contributed by atoms with E-state index in [1.807, 2.05) is 0 Å². The third-order valence-corrected chi connectivity index (χ3v) is 3.22. The first-order valence-electron chi connectivity index (χ1n) is 5.37. The minimum atomic E-state index is -0.697. The van der Waals surface area contributed by atoms with E-state index >= 15 is 0 Å². The molecule has 0 fully saturated rings. The van der Waals surface area contributed by atoms with Gasteiger partial charge in [0.25, 0.3) is 5.91 Å². The quantitative estimate of drug-likeness (QED) is 0.831. The summed E-state index contributed by atoms with van der Waals surface area (Å²) in [5.74, 6) is -1.22. The molecule has 0 bridgehead atoms. The molecule has 1 aromatic heterocycles. The topological polar surface area (TPSA) is 57.8 Å². The zero-order chi connectivity index (χ0) is 14.2. The van der Waals surface area contributed by atoms with Gasteiger partial charge in [-0.05, 0) is 26.0 Å². The number of aryl methyl sites for hydroxylation is 2. The number of carbonyl (C=O) groups is 1. The molecule has 0 atom stereocenters. The van der Waals surface area contributed by atoms with E-state index in [1.54, 1.807) is 13.8 Å². The number of H-pyrrole nitrogens is 1. The van der Waals surface area contributed by atoms with Crippen molar-refractivity contribution >= 4 is 34.8 Å². The second-order valence-electron chi connectivity index (χ2n) is 4.01. The lowest BCUT2D eigenvalue weighted by Gasteiger charge is -2.07. The number of hydrogen-bond acceptors (Lipinski definition) is 2. The van der Waals surface area contributed by atoms with Gasteiger partial charge in [-0.2, -0.15) is 5.10 Å². The molecule has 1 aromatic carbocycles. The van der Waals surface area contributed by atoms with Crippen LogP contribution in [0.3, 0.4) is 0 Å². The fourth-order valence-electron chi connectivity index (χ4n) is 1.61. The first kappa shape index (κ1) is 13.8. The normalized spacial score (nSPS) is 10.6. The predicted molar refractivity (Wildman–Crippen MR) is 72.4 cm³/mol. The fourth-order valence-corrected chi connectivity index (χ4v) is 2.08. The zero-order valence-corrected chi connectivity index (χ0v) is 11.7. The molecule has 4 nitrogen and oxygen atoms in total. The smallest absolute Gasteiger partial charge is 0.257 e. The van der Waals surface area contributed by atoms with E-state index < -0.39 is 11.7 Å².